The van der Waals surface area contributed by atoms with E-state index in [1.54, 1.807) is 6.07 Å². The second kappa shape index (κ2) is 11.3. The maximum absolute atomic E-state index is 14.7. The minimum Gasteiger partial charge on any atom is -0.419 e. The van der Waals surface area contributed by atoms with Crippen molar-refractivity contribution in [2.24, 2.45) is 0 Å². The molecule has 0 saturated carbocycles. The van der Waals surface area contributed by atoms with Crippen molar-refractivity contribution in [2.75, 3.05) is 31.1 Å². The zero-order chi connectivity index (χ0) is 28.4. The van der Waals surface area contributed by atoms with Crippen LogP contribution in [0.2, 0.25) is 0 Å². The number of benzene rings is 4. The molecule has 6 rings (SSSR count). The largest absolute Gasteiger partial charge is 0.419 e. The van der Waals surface area contributed by atoms with Crippen LogP contribution < -0.4 is 4.90 Å². The lowest BCUT2D eigenvalue weighted by Gasteiger charge is -2.39. The van der Waals surface area contributed by atoms with Crippen LogP contribution in [-0.4, -0.2) is 44.5 Å². The van der Waals surface area contributed by atoms with E-state index in [-0.39, 0.29) is 33.3 Å². The third-order valence-electron chi connectivity index (χ3n) is 7.26. The summed E-state index contributed by atoms with van der Waals surface area (Å²) in [5.74, 6) is -1.22. The smallest absolute Gasteiger partial charge is 0.236 e. The van der Waals surface area contributed by atoms with Gasteiger partial charge in [0, 0.05) is 26.2 Å². The molecule has 2 heterocycles. The van der Waals surface area contributed by atoms with Crippen molar-refractivity contribution in [1.82, 2.24) is 9.88 Å². The third kappa shape index (κ3) is 5.38. The monoisotopic (exact) mass is 571 g/mol. The molecule has 0 spiro atoms. The predicted octanol–water partition coefficient (Wildman–Crippen LogP) is 6.36. The van der Waals surface area contributed by atoms with Gasteiger partial charge in [-0.3, -0.25) is 4.90 Å². The highest BCUT2D eigenvalue weighted by Crippen LogP contribution is 2.37. The van der Waals surface area contributed by atoms with Crippen molar-refractivity contribution >= 4 is 15.7 Å². The highest BCUT2D eigenvalue weighted by Gasteiger charge is 2.34. The van der Waals surface area contributed by atoms with Gasteiger partial charge in [-0.05, 0) is 47.5 Å². The van der Waals surface area contributed by atoms with Crippen molar-refractivity contribution in [3.63, 3.8) is 0 Å². The molecule has 1 saturated heterocycles. The summed E-state index contributed by atoms with van der Waals surface area (Å²) in [5, 5.41) is -0.321. The average molecular weight is 572 g/mol. The molecule has 41 heavy (non-hydrogen) atoms. The van der Waals surface area contributed by atoms with E-state index < -0.39 is 21.5 Å². The van der Waals surface area contributed by atoms with E-state index in [0.29, 0.717) is 26.2 Å². The molecule has 1 aliphatic heterocycles. The molecular formula is C32H27F2N3O3S. The standard InChI is InChI=1S/C32H27F2N3O3S/c33-25-15-17-26(18-16-25)41(38,39)31-32(40-30(35-31)27-13-7-8-14-28(27)34)37-21-19-36(20-22-37)29(23-9-3-1-4-10-23)24-11-5-2-6-12-24/h1-18,29H,19-22H2. The van der Waals surface area contributed by atoms with Crippen molar-refractivity contribution in [2.45, 2.75) is 16.0 Å². The molecule has 9 heteroatoms. The molecule has 1 aliphatic rings. The number of halogens is 2. The summed E-state index contributed by atoms with van der Waals surface area (Å²) in [6.07, 6.45) is 0. The molecule has 1 aromatic heterocycles. The van der Waals surface area contributed by atoms with Crippen molar-refractivity contribution < 1.29 is 21.6 Å². The topological polar surface area (TPSA) is 66.7 Å². The first-order chi connectivity index (χ1) is 19.9. The van der Waals surface area contributed by atoms with Crippen LogP contribution in [0.3, 0.4) is 0 Å². The summed E-state index contributed by atoms with van der Waals surface area (Å²) in [6.45, 7) is 2.13. The molecule has 0 bridgehead atoms. The number of aromatic nitrogens is 1. The van der Waals surface area contributed by atoms with E-state index in [9.17, 15) is 17.2 Å². The van der Waals surface area contributed by atoms with Gasteiger partial charge in [-0.15, -0.1) is 0 Å². The van der Waals surface area contributed by atoms with Crippen LogP contribution in [0.5, 0.6) is 0 Å². The summed E-state index contributed by atoms with van der Waals surface area (Å²) in [5.41, 5.74) is 2.38. The highest BCUT2D eigenvalue weighted by molar-refractivity contribution is 7.91. The summed E-state index contributed by atoms with van der Waals surface area (Å²) in [4.78, 5) is 8.35. The molecule has 0 N–H and O–H groups in total. The van der Waals surface area contributed by atoms with Crippen LogP contribution >= 0.6 is 0 Å². The van der Waals surface area contributed by atoms with Crippen LogP contribution in [0.25, 0.3) is 11.5 Å². The molecular weight excluding hydrogens is 544 g/mol. The Hall–Kier alpha value is -4.34. The van der Waals surface area contributed by atoms with Gasteiger partial charge in [0.1, 0.15) is 11.6 Å². The Morgan fingerprint density at radius 2 is 1.27 bits per heavy atom. The predicted molar refractivity (Wildman–Crippen MR) is 152 cm³/mol. The number of oxazole rings is 1. The van der Waals surface area contributed by atoms with Crippen molar-refractivity contribution in [3.05, 3.63) is 132 Å². The lowest BCUT2D eigenvalue weighted by molar-refractivity contribution is 0.209. The summed E-state index contributed by atoms with van der Waals surface area (Å²) >= 11 is 0. The number of hydrogen-bond donors (Lipinski definition) is 0. The molecule has 5 aromatic rings. The fourth-order valence-electron chi connectivity index (χ4n) is 5.22. The van der Waals surface area contributed by atoms with Crippen LogP contribution in [-0.2, 0) is 9.84 Å². The Morgan fingerprint density at radius 1 is 0.707 bits per heavy atom. The summed E-state index contributed by atoms with van der Waals surface area (Å²) in [6, 6.07) is 31.0. The van der Waals surface area contributed by atoms with Crippen LogP contribution in [0, 0.1) is 11.6 Å². The number of nitrogens with zero attached hydrogens (tertiary/aromatic N) is 3. The fraction of sp³-hybridized carbons (Fsp3) is 0.156. The zero-order valence-corrected chi connectivity index (χ0v) is 22.8. The lowest BCUT2D eigenvalue weighted by Crippen LogP contribution is -2.48. The van der Waals surface area contributed by atoms with E-state index in [2.05, 4.69) is 34.1 Å². The van der Waals surface area contributed by atoms with Gasteiger partial charge >= 0.3 is 0 Å². The zero-order valence-electron chi connectivity index (χ0n) is 22.0. The third-order valence-corrected chi connectivity index (χ3v) is 8.93. The summed E-state index contributed by atoms with van der Waals surface area (Å²) < 4.78 is 61.7. The molecule has 0 amide bonds. The van der Waals surface area contributed by atoms with E-state index in [1.165, 1.54) is 30.3 Å². The second-order valence-electron chi connectivity index (χ2n) is 9.81. The average Bonchev–Trinajstić information content (AvgIpc) is 3.46. The van der Waals surface area contributed by atoms with E-state index in [4.69, 9.17) is 4.42 Å². The number of piperazine rings is 1. The molecule has 6 nitrogen and oxygen atoms in total. The fourth-order valence-corrected chi connectivity index (χ4v) is 6.54. The molecule has 0 radical (unpaired) electrons. The van der Waals surface area contributed by atoms with Crippen LogP contribution in [0.4, 0.5) is 14.7 Å². The quantitative estimate of drug-likeness (QED) is 0.212. The number of rotatable bonds is 7. The molecule has 208 valence electrons. The maximum Gasteiger partial charge on any atom is 0.236 e. The minimum atomic E-state index is -4.20. The number of sulfone groups is 1. The first-order valence-corrected chi connectivity index (χ1v) is 14.8. The minimum absolute atomic E-state index is 0.0191. The van der Waals surface area contributed by atoms with Gasteiger partial charge < -0.3 is 9.32 Å². The normalized spacial score (nSPS) is 14.5. The molecule has 1 fully saturated rings. The number of hydrogen-bond acceptors (Lipinski definition) is 6. The summed E-state index contributed by atoms with van der Waals surface area (Å²) in [7, 11) is -4.20. The van der Waals surface area contributed by atoms with E-state index in [1.807, 2.05) is 41.3 Å². The highest BCUT2D eigenvalue weighted by atomic mass is 32.2. The van der Waals surface area contributed by atoms with Gasteiger partial charge in [0.25, 0.3) is 0 Å². The van der Waals surface area contributed by atoms with Gasteiger partial charge in [-0.2, -0.15) is 4.98 Å². The first kappa shape index (κ1) is 26.9. The second-order valence-corrected chi connectivity index (χ2v) is 11.7. The lowest BCUT2D eigenvalue weighted by atomic mass is 9.96. The Kier molecular flexibility index (Phi) is 7.38. The Morgan fingerprint density at radius 3 is 1.85 bits per heavy atom. The Balaban J connectivity index is 1.35. The van der Waals surface area contributed by atoms with Gasteiger partial charge in [0.2, 0.25) is 26.6 Å². The molecule has 4 aromatic carbocycles. The van der Waals surface area contributed by atoms with Gasteiger partial charge in [0.15, 0.2) is 0 Å². The van der Waals surface area contributed by atoms with Crippen LogP contribution in [0.1, 0.15) is 17.2 Å². The first-order valence-electron chi connectivity index (χ1n) is 13.3. The number of anilines is 1. The van der Waals surface area contributed by atoms with Crippen LogP contribution in [0.15, 0.2) is 124 Å². The van der Waals surface area contributed by atoms with Gasteiger partial charge in [-0.25, -0.2) is 17.2 Å². The van der Waals surface area contributed by atoms with E-state index in [0.717, 1.165) is 23.3 Å². The Bertz CT molecular complexity index is 1700. The van der Waals surface area contributed by atoms with Gasteiger partial charge in [-0.1, -0.05) is 72.8 Å². The SMILES string of the molecule is O=S(=O)(c1ccc(F)cc1)c1nc(-c2ccccc2F)oc1N1CCN(C(c2ccccc2)c2ccccc2)CC1. The Labute approximate surface area is 237 Å². The van der Waals surface area contributed by atoms with Gasteiger partial charge in [0.05, 0.1) is 16.5 Å². The van der Waals surface area contributed by atoms with Crippen molar-refractivity contribution in [3.8, 4) is 11.5 Å². The molecule has 0 aliphatic carbocycles. The maximum atomic E-state index is 14.7. The molecule has 0 atom stereocenters. The van der Waals surface area contributed by atoms with E-state index >= 15 is 0 Å². The van der Waals surface area contributed by atoms with Crippen molar-refractivity contribution in [1.29, 1.82) is 0 Å². The molecule has 0 unspecified atom stereocenters.